The number of aliphatic hydroxyl groups is 1. The Hall–Kier alpha value is -5.14. The summed E-state index contributed by atoms with van der Waals surface area (Å²) in [4.78, 5) is 14.5. The van der Waals surface area contributed by atoms with Crippen molar-refractivity contribution in [3.8, 4) is 17.2 Å². The molecule has 0 saturated carbocycles. The highest BCUT2D eigenvalue weighted by Gasteiger charge is 2.36. The van der Waals surface area contributed by atoms with Crippen LogP contribution in [-0.4, -0.2) is 40.4 Å². The molecule has 1 aliphatic rings. The van der Waals surface area contributed by atoms with Gasteiger partial charge in [0.15, 0.2) is 6.17 Å². The fourth-order valence-electron chi connectivity index (χ4n) is 5.49. The molecule has 0 aliphatic carbocycles. The van der Waals surface area contributed by atoms with Gasteiger partial charge in [0.2, 0.25) is 0 Å². The number of amidine groups is 2. The summed E-state index contributed by atoms with van der Waals surface area (Å²) in [6.45, 7) is 7.22. The molecular weight excluding hydrogens is 613 g/mol. The van der Waals surface area contributed by atoms with Crippen molar-refractivity contribution in [2.24, 2.45) is 9.98 Å². The topological polar surface area (TPSA) is 103 Å². The van der Waals surface area contributed by atoms with Gasteiger partial charge < -0.3 is 15.1 Å². The van der Waals surface area contributed by atoms with Crippen LogP contribution in [0, 0.1) is 11.3 Å². The Labute approximate surface area is 284 Å². The van der Waals surface area contributed by atoms with Gasteiger partial charge in [-0.2, -0.15) is 5.26 Å². The Morgan fingerprint density at radius 1 is 0.792 bits per heavy atom. The normalized spacial score (nSPS) is 15.0. The highest BCUT2D eigenvalue weighted by Crippen LogP contribution is 2.36. The highest BCUT2D eigenvalue weighted by atomic mass is 32.1. The van der Waals surface area contributed by atoms with Gasteiger partial charge in [0.1, 0.15) is 11.7 Å². The summed E-state index contributed by atoms with van der Waals surface area (Å²) in [7, 11) is 1.67. The van der Waals surface area contributed by atoms with E-state index in [4.69, 9.17) is 14.6 Å². The summed E-state index contributed by atoms with van der Waals surface area (Å²) in [5.74, 6) is 1.39. The van der Waals surface area contributed by atoms with Crippen LogP contribution in [0.15, 0.2) is 119 Å². The van der Waals surface area contributed by atoms with Gasteiger partial charge in [-0.05, 0) is 63.1 Å². The molecule has 0 saturated heterocycles. The number of rotatable bonds is 8. The number of fused-ring (bicyclic) bond motifs is 3. The summed E-state index contributed by atoms with van der Waals surface area (Å²) in [5.41, 5.74) is 4.20. The molecule has 6 aromatic rings. The zero-order valence-corrected chi connectivity index (χ0v) is 27.9. The maximum Gasteiger partial charge on any atom is 0.352 e. The Balaban J connectivity index is 1.22. The van der Waals surface area contributed by atoms with Crippen LogP contribution in [-0.2, 0) is 4.65 Å². The van der Waals surface area contributed by atoms with Crippen molar-refractivity contribution in [2.45, 2.75) is 45.1 Å². The maximum absolute atomic E-state index is 10.6. The number of hydrogen-bond acceptors (Lipinski definition) is 8. The first kappa shape index (κ1) is 31.5. The second-order valence-electron chi connectivity index (χ2n) is 12.8. The van der Waals surface area contributed by atoms with Gasteiger partial charge >= 0.3 is 7.48 Å². The van der Waals surface area contributed by atoms with Crippen LogP contribution in [0.25, 0.3) is 31.3 Å². The second kappa shape index (κ2) is 12.5. The molecule has 7 rings (SSSR count). The fourth-order valence-corrected chi connectivity index (χ4v) is 6.58. The van der Waals surface area contributed by atoms with E-state index in [0.29, 0.717) is 17.2 Å². The third-order valence-corrected chi connectivity index (χ3v) is 10.1. The Kier molecular flexibility index (Phi) is 8.18. The largest absolute Gasteiger partial charge is 0.425 e. The van der Waals surface area contributed by atoms with E-state index in [0.717, 1.165) is 53.6 Å². The lowest BCUT2D eigenvalue weighted by Gasteiger charge is -2.37. The summed E-state index contributed by atoms with van der Waals surface area (Å²) < 4.78 is 8.38. The minimum absolute atomic E-state index is 0.554. The number of pyridine rings is 1. The lowest BCUT2D eigenvalue weighted by molar-refractivity contribution is -0.0893. The molecule has 48 heavy (non-hydrogen) atoms. The Morgan fingerprint density at radius 3 is 2.15 bits per heavy atom. The van der Waals surface area contributed by atoms with Gasteiger partial charge in [-0.25, -0.2) is 9.98 Å². The standard InChI is InChI=1S/C39H33BN5O2S/c1-38(2,46)39(3,4)47-40-34-33-30-22-27(18-19-31(30)48-32(33)20-21-42-34)24-14-16-26(17-15-24)36-43-35(25-10-6-5-7-11-25)44-37(45-36)29-13-9-8-12-28(29)23-41/h5-22,37,46H,1-4H3,(H,43,44,45). The van der Waals surface area contributed by atoms with Crippen molar-refractivity contribution in [2.75, 3.05) is 0 Å². The van der Waals surface area contributed by atoms with Crippen molar-refractivity contribution in [3.05, 3.63) is 132 Å². The van der Waals surface area contributed by atoms with Crippen molar-refractivity contribution < 1.29 is 9.76 Å². The molecule has 3 heterocycles. The van der Waals surface area contributed by atoms with Crippen LogP contribution < -0.4 is 10.9 Å². The van der Waals surface area contributed by atoms with Gasteiger partial charge in [-0.3, -0.25) is 4.98 Å². The van der Waals surface area contributed by atoms with Crippen LogP contribution in [0.3, 0.4) is 0 Å². The summed E-state index contributed by atoms with van der Waals surface area (Å²) in [5, 5.41) is 25.9. The average Bonchev–Trinajstić information content (AvgIpc) is 3.49. The lowest BCUT2D eigenvalue weighted by Crippen LogP contribution is -2.49. The number of thiophene rings is 1. The van der Waals surface area contributed by atoms with Gasteiger partial charge in [0.05, 0.1) is 22.8 Å². The molecule has 1 atom stereocenters. The number of aliphatic imine (C=N–C) groups is 2. The predicted octanol–water partition coefficient (Wildman–Crippen LogP) is 7.29. The summed E-state index contributed by atoms with van der Waals surface area (Å²) >= 11 is 1.72. The van der Waals surface area contributed by atoms with Crippen LogP contribution in [0.1, 0.15) is 56.1 Å². The van der Waals surface area contributed by atoms with E-state index in [1.165, 1.54) is 0 Å². The molecule has 2 aromatic heterocycles. The minimum atomic E-state index is -1.04. The SMILES string of the molecule is CC(C)(O)C(C)(C)O[B]c1nccc2sc3ccc(-c4ccc(C5=NC(c6ccccc6C#N)N=C(c6ccccc6)N5)cc4)cc3c12. The molecule has 7 nitrogen and oxygen atoms in total. The third kappa shape index (κ3) is 6.02. The summed E-state index contributed by atoms with van der Waals surface area (Å²) in [6.07, 6.45) is 1.24. The van der Waals surface area contributed by atoms with Crippen molar-refractivity contribution in [1.29, 1.82) is 5.26 Å². The number of benzene rings is 4. The van der Waals surface area contributed by atoms with E-state index < -0.39 is 17.4 Å². The molecular formula is C39H33BN5O2S. The Bertz CT molecular complexity index is 2250. The summed E-state index contributed by atoms with van der Waals surface area (Å²) in [6, 6.07) is 36.6. The van der Waals surface area contributed by atoms with Gasteiger partial charge in [-0.1, -0.05) is 78.9 Å². The molecule has 0 fully saturated rings. The number of hydrogen-bond donors (Lipinski definition) is 2. The van der Waals surface area contributed by atoms with E-state index in [-0.39, 0.29) is 0 Å². The highest BCUT2D eigenvalue weighted by molar-refractivity contribution is 7.26. The number of nitriles is 1. The number of nitrogens with zero attached hydrogens (tertiary/aromatic N) is 4. The average molecular weight is 647 g/mol. The zero-order chi connectivity index (χ0) is 33.5. The van der Waals surface area contributed by atoms with E-state index in [1.807, 2.05) is 68.4 Å². The van der Waals surface area contributed by atoms with Crippen LogP contribution in [0.2, 0.25) is 0 Å². The molecule has 9 heteroatoms. The monoisotopic (exact) mass is 646 g/mol. The molecule has 0 spiro atoms. The third-order valence-electron chi connectivity index (χ3n) is 8.99. The predicted molar refractivity (Wildman–Crippen MR) is 196 cm³/mol. The first-order valence-corrected chi connectivity index (χ1v) is 16.6. The molecule has 1 radical (unpaired) electrons. The molecule has 2 N–H and O–H groups in total. The molecule has 4 aromatic carbocycles. The molecule has 0 amide bonds. The number of aromatic nitrogens is 1. The van der Waals surface area contributed by atoms with Crippen molar-refractivity contribution >= 4 is 56.3 Å². The van der Waals surface area contributed by atoms with E-state index in [1.54, 1.807) is 44.9 Å². The van der Waals surface area contributed by atoms with Crippen molar-refractivity contribution in [3.63, 3.8) is 0 Å². The van der Waals surface area contributed by atoms with Gasteiger partial charge in [0, 0.05) is 48.7 Å². The molecule has 1 aliphatic heterocycles. The number of nitrogens with one attached hydrogen (secondary N) is 1. The first-order valence-electron chi connectivity index (χ1n) is 15.7. The zero-order valence-electron chi connectivity index (χ0n) is 27.1. The second-order valence-corrected chi connectivity index (χ2v) is 13.9. The van der Waals surface area contributed by atoms with Crippen LogP contribution in [0.4, 0.5) is 0 Å². The van der Waals surface area contributed by atoms with E-state index >= 15 is 0 Å². The lowest BCUT2D eigenvalue weighted by atomic mass is 9.83. The fraction of sp³-hybridized carbons (Fsp3) is 0.179. The van der Waals surface area contributed by atoms with Crippen molar-refractivity contribution in [1.82, 2.24) is 10.3 Å². The van der Waals surface area contributed by atoms with E-state index in [9.17, 15) is 10.4 Å². The van der Waals surface area contributed by atoms with Gasteiger partial charge in [-0.15, -0.1) is 11.3 Å². The molecule has 0 bridgehead atoms. The molecule has 1 unspecified atom stereocenters. The maximum atomic E-state index is 10.6. The minimum Gasteiger partial charge on any atom is -0.425 e. The van der Waals surface area contributed by atoms with Crippen LogP contribution in [0.5, 0.6) is 0 Å². The van der Waals surface area contributed by atoms with E-state index in [2.05, 4.69) is 58.8 Å². The first-order chi connectivity index (χ1) is 23.1. The Morgan fingerprint density at radius 2 is 1.44 bits per heavy atom. The molecule has 235 valence electrons. The smallest absolute Gasteiger partial charge is 0.352 e. The van der Waals surface area contributed by atoms with Gasteiger partial charge in [0.25, 0.3) is 0 Å². The van der Waals surface area contributed by atoms with Crippen LogP contribution >= 0.6 is 11.3 Å². The quantitative estimate of drug-likeness (QED) is 0.169.